The van der Waals surface area contributed by atoms with Gasteiger partial charge in [0.05, 0.1) is 0 Å². The summed E-state index contributed by atoms with van der Waals surface area (Å²) in [5.41, 5.74) is 3.78. The van der Waals surface area contributed by atoms with E-state index in [-0.39, 0.29) is 0 Å². The van der Waals surface area contributed by atoms with Gasteiger partial charge in [0.25, 0.3) is 0 Å². The first-order valence-corrected chi connectivity index (χ1v) is 4.09. The molecule has 1 N–H and O–H groups in total. The Balaban J connectivity index is 2.57. The Morgan fingerprint density at radius 2 is 1.82 bits per heavy atom. The highest BCUT2D eigenvalue weighted by Gasteiger charge is 2.11. The van der Waals surface area contributed by atoms with Crippen molar-refractivity contribution in [3.63, 3.8) is 0 Å². The topological polar surface area (TPSA) is 20.2 Å². The Bertz CT molecular complexity index is 260. The van der Waals surface area contributed by atoms with Crippen molar-refractivity contribution < 1.29 is 5.11 Å². The van der Waals surface area contributed by atoms with Crippen LogP contribution in [-0.4, -0.2) is 5.11 Å². The molecule has 1 nitrogen and oxygen atoms in total. The van der Waals surface area contributed by atoms with Crippen molar-refractivity contribution in [3.8, 4) is 5.75 Å². The van der Waals surface area contributed by atoms with E-state index in [0.717, 1.165) is 12.0 Å². The Morgan fingerprint density at radius 3 is 2.55 bits per heavy atom. The van der Waals surface area contributed by atoms with E-state index in [2.05, 4.69) is 6.07 Å². The summed E-state index contributed by atoms with van der Waals surface area (Å²) in [7, 11) is 0. The molecule has 0 radical (unpaired) electrons. The zero-order valence-electron chi connectivity index (χ0n) is 6.72. The van der Waals surface area contributed by atoms with Gasteiger partial charge in [-0.15, -0.1) is 0 Å². The van der Waals surface area contributed by atoms with Gasteiger partial charge in [0.15, 0.2) is 0 Å². The molecule has 0 spiro atoms. The number of phenols is 1. The second-order valence-corrected chi connectivity index (χ2v) is 3.26. The van der Waals surface area contributed by atoms with Crippen molar-refractivity contribution in [1.82, 2.24) is 0 Å². The van der Waals surface area contributed by atoms with E-state index in [9.17, 15) is 5.11 Å². The van der Waals surface area contributed by atoms with Crippen LogP contribution >= 0.6 is 0 Å². The maximum Gasteiger partial charge on any atom is 0.118 e. The van der Waals surface area contributed by atoms with Gasteiger partial charge < -0.3 is 5.11 Å². The quantitative estimate of drug-likeness (QED) is 0.598. The summed E-state index contributed by atoms with van der Waals surface area (Å²) in [6.07, 6.45) is 3.58. The second kappa shape index (κ2) is 2.26. The highest BCUT2D eigenvalue weighted by Crippen LogP contribution is 2.28. The van der Waals surface area contributed by atoms with Crippen LogP contribution in [0.5, 0.6) is 5.75 Å². The maximum atomic E-state index is 9.38. The molecule has 0 fully saturated rings. The summed E-state index contributed by atoms with van der Waals surface area (Å²) in [6, 6.07) is 4.02. The molecule has 0 saturated carbocycles. The lowest BCUT2D eigenvalue weighted by atomic mass is 10.1. The summed E-state index contributed by atoms with van der Waals surface area (Å²) in [4.78, 5) is 0. The number of hydrogen-bond acceptors (Lipinski definition) is 1. The number of benzene rings is 1. The molecule has 0 aromatic heterocycles. The SMILES string of the molecule is Cc1cc2c(cc1O)CCC2. The van der Waals surface area contributed by atoms with Gasteiger partial charge in [-0.3, -0.25) is 0 Å². The van der Waals surface area contributed by atoms with Crippen LogP contribution < -0.4 is 0 Å². The van der Waals surface area contributed by atoms with Crippen molar-refractivity contribution >= 4 is 0 Å². The molecular weight excluding hydrogens is 136 g/mol. The normalized spacial score (nSPS) is 15.0. The third kappa shape index (κ3) is 1.01. The Labute approximate surface area is 66.7 Å². The van der Waals surface area contributed by atoms with Crippen LogP contribution in [0.1, 0.15) is 23.1 Å². The molecule has 0 aliphatic heterocycles. The number of aromatic hydroxyl groups is 1. The van der Waals surface area contributed by atoms with Crippen LogP contribution in [-0.2, 0) is 12.8 Å². The Morgan fingerprint density at radius 1 is 1.18 bits per heavy atom. The Hall–Kier alpha value is -0.980. The van der Waals surface area contributed by atoms with Crippen LogP contribution in [0.4, 0.5) is 0 Å². The van der Waals surface area contributed by atoms with Gasteiger partial charge >= 0.3 is 0 Å². The molecule has 0 bridgehead atoms. The molecule has 0 heterocycles. The fourth-order valence-corrected chi connectivity index (χ4v) is 1.73. The molecule has 58 valence electrons. The molecule has 0 amide bonds. The van der Waals surface area contributed by atoms with Gasteiger partial charge in [0.1, 0.15) is 5.75 Å². The summed E-state index contributed by atoms with van der Waals surface area (Å²) in [5.74, 6) is 0.450. The third-order valence-corrected chi connectivity index (χ3v) is 2.41. The van der Waals surface area contributed by atoms with Gasteiger partial charge in [-0.2, -0.15) is 0 Å². The lowest BCUT2D eigenvalue weighted by Crippen LogP contribution is -1.83. The first-order valence-electron chi connectivity index (χ1n) is 4.09. The third-order valence-electron chi connectivity index (χ3n) is 2.41. The number of phenolic OH excluding ortho intramolecular Hbond substituents is 1. The number of aryl methyl sites for hydroxylation is 3. The lowest BCUT2D eigenvalue weighted by Gasteiger charge is -2.02. The van der Waals surface area contributed by atoms with Crippen molar-refractivity contribution in [2.75, 3.05) is 0 Å². The highest BCUT2D eigenvalue weighted by atomic mass is 16.3. The molecule has 1 aliphatic carbocycles. The van der Waals surface area contributed by atoms with Crippen molar-refractivity contribution in [2.24, 2.45) is 0 Å². The van der Waals surface area contributed by atoms with Crippen molar-refractivity contribution in [2.45, 2.75) is 26.2 Å². The number of hydrogen-bond donors (Lipinski definition) is 1. The predicted molar refractivity (Wildman–Crippen MR) is 44.9 cm³/mol. The molecule has 0 unspecified atom stereocenters. The minimum absolute atomic E-state index is 0.450. The fourth-order valence-electron chi connectivity index (χ4n) is 1.73. The van der Waals surface area contributed by atoms with E-state index >= 15 is 0 Å². The summed E-state index contributed by atoms with van der Waals surface area (Å²) in [6.45, 7) is 1.95. The molecule has 11 heavy (non-hydrogen) atoms. The van der Waals surface area contributed by atoms with E-state index in [0.29, 0.717) is 5.75 Å². The molecule has 2 rings (SSSR count). The number of fused-ring (bicyclic) bond motifs is 1. The average Bonchev–Trinajstić information content (AvgIpc) is 2.36. The lowest BCUT2D eigenvalue weighted by molar-refractivity contribution is 0.470. The average molecular weight is 148 g/mol. The Kier molecular flexibility index (Phi) is 1.38. The number of rotatable bonds is 0. The monoisotopic (exact) mass is 148 g/mol. The minimum Gasteiger partial charge on any atom is -0.508 e. The van der Waals surface area contributed by atoms with Gasteiger partial charge in [-0.25, -0.2) is 0 Å². The molecule has 1 aromatic carbocycles. The van der Waals surface area contributed by atoms with Crippen LogP contribution in [0.25, 0.3) is 0 Å². The molecular formula is C10H12O. The van der Waals surface area contributed by atoms with E-state index in [1.165, 1.54) is 24.0 Å². The molecule has 1 aliphatic rings. The van der Waals surface area contributed by atoms with Crippen LogP contribution in [0, 0.1) is 6.92 Å². The first-order chi connectivity index (χ1) is 5.27. The van der Waals surface area contributed by atoms with Gasteiger partial charge in [-0.05, 0) is 48.9 Å². The van der Waals surface area contributed by atoms with Gasteiger partial charge in [0.2, 0.25) is 0 Å². The van der Waals surface area contributed by atoms with Crippen LogP contribution in [0.2, 0.25) is 0 Å². The summed E-state index contributed by atoms with van der Waals surface area (Å²) >= 11 is 0. The highest BCUT2D eigenvalue weighted by molar-refractivity contribution is 5.43. The summed E-state index contributed by atoms with van der Waals surface area (Å²) < 4.78 is 0. The van der Waals surface area contributed by atoms with Crippen molar-refractivity contribution in [1.29, 1.82) is 0 Å². The van der Waals surface area contributed by atoms with E-state index in [1.807, 2.05) is 13.0 Å². The van der Waals surface area contributed by atoms with Gasteiger partial charge in [0, 0.05) is 0 Å². The second-order valence-electron chi connectivity index (χ2n) is 3.26. The largest absolute Gasteiger partial charge is 0.508 e. The minimum atomic E-state index is 0.450. The fraction of sp³-hybridized carbons (Fsp3) is 0.400. The van der Waals surface area contributed by atoms with Gasteiger partial charge in [-0.1, -0.05) is 6.07 Å². The molecule has 1 heteroatoms. The summed E-state index contributed by atoms with van der Waals surface area (Å²) in [5, 5.41) is 9.38. The zero-order valence-corrected chi connectivity index (χ0v) is 6.72. The maximum absolute atomic E-state index is 9.38. The van der Waals surface area contributed by atoms with E-state index in [4.69, 9.17) is 0 Å². The van der Waals surface area contributed by atoms with E-state index < -0.39 is 0 Å². The van der Waals surface area contributed by atoms with Crippen LogP contribution in [0.3, 0.4) is 0 Å². The zero-order chi connectivity index (χ0) is 7.84. The predicted octanol–water partition coefficient (Wildman–Crippen LogP) is 2.19. The molecule has 0 atom stereocenters. The smallest absolute Gasteiger partial charge is 0.118 e. The molecule has 0 saturated heterocycles. The standard InChI is InChI=1S/C10H12O/c1-7-5-8-3-2-4-9(8)6-10(7)11/h5-6,11H,2-4H2,1H3. The molecule has 1 aromatic rings. The first kappa shape index (κ1) is 6.71. The van der Waals surface area contributed by atoms with E-state index in [1.54, 1.807) is 0 Å². The van der Waals surface area contributed by atoms with Crippen molar-refractivity contribution in [3.05, 3.63) is 28.8 Å². The van der Waals surface area contributed by atoms with Crippen LogP contribution in [0.15, 0.2) is 12.1 Å².